The van der Waals surface area contributed by atoms with Crippen molar-refractivity contribution < 1.29 is 19.3 Å². The Hall–Kier alpha value is -1.51. The fourth-order valence-corrected chi connectivity index (χ4v) is 1.90. The number of halogens is 1. The third kappa shape index (κ3) is 1.88. The van der Waals surface area contributed by atoms with Crippen LogP contribution in [0.25, 0.3) is 0 Å². The van der Waals surface area contributed by atoms with Crippen molar-refractivity contribution in [2.75, 3.05) is 12.3 Å². The van der Waals surface area contributed by atoms with E-state index in [4.69, 9.17) is 15.6 Å². The van der Waals surface area contributed by atoms with Crippen molar-refractivity contribution in [3.63, 3.8) is 0 Å². The summed E-state index contributed by atoms with van der Waals surface area (Å²) in [5, 5.41) is 18.9. The molecule has 0 bridgehead atoms. The Morgan fingerprint density at radius 2 is 2.39 bits per heavy atom. The van der Waals surface area contributed by atoms with Crippen LogP contribution in [0.15, 0.2) is 17.1 Å². The van der Waals surface area contributed by atoms with Gasteiger partial charge in [0.2, 0.25) is 0 Å². The zero-order valence-corrected chi connectivity index (χ0v) is 9.65. The fraction of sp³-hybridized carbons (Fsp3) is 0.600. The van der Waals surface area contributed by atoms with Gasteiger partial charge in [-0.15, -0.1) is 0 Å². The van der Waals surface area contributed by atoms with Gasteiger partial charge in [0.25, 0.3) is 0 Å². The number of nitrogens with two attached hydrogens (primary N) is 1. The van der Waals surface area contributed by atoms with E-state index in [-0.39, 0.29) is 5.82 Å². The molecule has 4 N–H and O–H groups in total. The number of aliphatic hydroxyl groups is 2. The Labute approximate surface area is 102 Å². The topological polar surface area (TPSA) is 111 Å². The number of ether oxygens (including phenoxy) is 1. The number of nitrogen functional groups attached to an aromatic ring is 1. The highest BCUT2D eigenvalue weighted by Crippen LogP contribution is 2.38. The Balaban J connectivity index is 2.38. The number of rotatable bonds is 2. The van der Waals surface area contributed by atoms with Crippen LogP contribution >= 0.6 is 0 Å². The quantitative estimate of drug-likeness (QED) is 0.615. The van der Waals surface area contributed by atoms with Crippen LogP contribution in [-0.2, 0) is 4.74 Å². The lowest BCUT2D eigenvalue weighted by Gasteiger charge is -2.23. The fourth-order valence-electron chi connectivity index (χ4n) is 1.90. The van der Waals surface area contributed by atoms with Crippen LogP contribution in [0.3, 0.4) is 0 Å². The third-order valence-corrected chi connectivity index (χ3v) is 3.06. The van der Waals surface area contributed by atoms with Gasteiger partial charge in [-0.3, -0.25) is 4.57 Å². The maximum atomic E-state index is 14.1. The summed E-state index contributed by atoms with van der Waals surface area (Å²) in [5.41, 5.74) is 2.66. The molecule has 1 fully saturated rings. The Morgan fingerprint density at radius 3 is 2.89 bits per heavy atom. The average Bonchev–Trinajstić information content (AvgIpc) is 2.52. The van der Waals surface area contributed by atoms with E-state index < -0.39 is 36.4 Å². The highest BCUT2D eigenvalue weighted by atomic mass is 19.1. The highest BCUT2D eigenvalue weighted by molar-refractivity contribution is 5.23. The van der Waals surface area contributed by atoms with E-state index in [9.17, 15) is 14.3 Å². The lowest BCUT2D eigenvalue weighted by molar-refractivity contribution is -0.0767. The summed E-state index contributed by atoms with van der Waals surface area (Å²) in [6.07, 6.45) is -3.07. The molecule has 0 unspecified atom stereocenters. The van der Waals surface area contributed by atoms with Gasteiger partial charge >= 0.3 is 5.69 Å². The van der Waals surface area contributed by atoms with Gasteiger partial charge in [0, 0.05) is 6.20 Å². The monoisotopic (exact) mass is 259 g/mol. The van der Waals surface area contributed by atoms with Gasteiger partial charge < -0.3 is 20.7 Å². The summed E-state index contributed by atoms with van der Waals surface area (Å²) < 4.78 is 20.1. The van der Waals surface area contributed by atoms with Crippen molar-refractivity contribution in [1.82, 2.24) is 9.55 Å². The number of aromatic nitrogens is 2. The zero-order chi connectivity index (χ0) is 13.5. The number of hydrogen-bond acceptors (Lipinski definition) is 6. The first kappa shape index (κ1) is 12.9. The number of alkyl halides is 1. The molecule has 8 heteroatoms. The van der Waals surface area contributed by atoms with E-state index in [0.29, 0.717) is 0 Å². The summed E-state index contributed by atoms with van der Waals surface area (Å²) in [6, 6.07) is 1.32. The van der Waals surface area contributed by atoms with Crippen molar-refractivity contribution >= 4 is 5.82 Å². The van der Waals surface area contributed by atoms with Crippen molar-refractivity contribution in [1.29, 1.82) is 0 Å². The number of anilines is 1. The molecular formula is C10H14FN3O4. The van der Waals surface area contributed by atoms with Gasteiger partial charge in [-0.2, -0.15) is 4.98 Å². The summed E-state index contributed by atoms with van der Waals surface area (Å²) in [5.74, 6) is 0.00937. The summed E-state index contributed by atoms with van der Waals surface area (Å²) in [4.78, 5) is 15.0. The molecule has 1 aromatic rings. The van der Waals surface area contributed by atoms with E-state index in [0.717, 1.165) is 4.57 Å². The maximum absolute atomic E-state index is 14.1. The van der Waals surface area contributed by atoms with Crippen molar-refractivity contribution in [2.24, 2.45) is 0 Å². The maximum Gasteiger partial charge on any atom is 0.351 e. The third-order valence-electron chi connectivity index (χ3n) is 3.06. The van der Waals surface area contributed by atoms with Crippen LogP contribution in [-0.4, -0.2) is 44.2 Å². The second-order valence-electron chi connectivity index (χ2n) is 4.37. The normalized spacial score (nSPS) is 35.9. The van der Waals surface area contributed by atoms with E-state index in [1.807, 2.05) is 0 Å². The van der Waals surface area contributed by atoms with Gasteiger partial charge in [0.1, 0.15) is 17.5 Å². The zero-order valence-electron chi connectivity index (χ0n) is 9.65. The molecule has 0 saturated carbocycles. The first-order valence-electron chi connectivity index (χ1n) is 5.35. The molecule has 4 atom stereocenters. The van der Waals surface area contributed by atoms with Crippen molar-refractivity contribution in [3.8, 4) is 0 Å². The van der Waals surface area contributed by atoms with Crippen LogP contribution in [0, 0.1) is 0 Å². The van der Waals surface area contributed by atoms with Crippen LogP contribution in [0.5, 0.6) is 0 Å². The predicted molar refractivity (Wildman–Crippen MR) is 59.4 cm³/mol. The minimum Gasteiger partial charge on any atom is -0.394 e. The Kier molecular flexibility index (Phi) is 3.09. The van der Waals surface area contributed by atoms with Crippen molar-refractivity contribution in [2.45, 2.75) is 31.0 Å². The lowest BCUT2D eigenvalue weighted by Crippen LogP contribution is -2.44. The molecule has 100 valence electrons. The molecule has 1 aliphatic heterocycles. The molecule has 1 aliphatic rings. The lowest BCUT2D eigenvalue weighted by atomic mass is 9.96. The Bertz CT molecular complexity index is 504. The molecule has 18 heavy (non-hydrogen) atoms. The first-order valence-corrected chi connectivity index (χ1v) is 5.35. The van der Waals surface area contributed by atoms with Crippen LogP contribution in [0.4, 0.5) is 10.2 Å². The van der Waals surface area contributed by atoms with Crippen LogP contribution < -0.4 is 11.4 Å². The number of aliphatic hydroxyl groups excluding tert-OH is 1. The van der Waals surface area contributed by atoms with E-state index in [1.54, 1.807) is 0 Å². The van der Waals surface area contributed by atoms with Gasteiger partial charge in [-0.05, 0) is 13.0 Å². The molecule has 0 radical (unpaired) electrons. The highest BCUT2D eigenvalue weighted by Gasteiger charge is 2.54. The second kappa shape index (κ2) is 4.30. The molecule has 1 saturated heterocycles. The molecule has 0 aromatic carbocycles. The second-order valence-corrected chi connectivity index (χ2v) is 4.37. The van der Waals surface area contributed by atoms with Gasteiger partial charge in [0.05, 0.1) is 6.61 Å². The van der Waals surface area contributed by atoms with E-state index in [2.05, 4.69) is 4.98 Å². The smallest absolute Gasteiger partial charge is 0.351 e. The Morgan fingerprint density at radius 1 is 1.72 bits per heavy atom. The molecule has 2 rings (SSSR count). The molecular weight excluding hydrogens is 245 g/mol. The molecule has 0 amide bonds. The SMILES string of the molecule is C[C@]1(O)[C@H](F)[C@H](n2ccc(N)nc2=O)O[C@@H]1CO. The summed E-state index contributed by atoms with van der Waals surface area (Å²) in [6.45, 7) is 0.648. The van der Waals surface area contributed by atoms with Gasteiger partial charge in [-0.1, -0.05) is 0 Å². The van der Waals surface area contributed by atoms with E-state index >= 15 is 0 Å². The minimum absolute atomic E-state index is 0.00937. The van der Waals surface area contributed by atoms with E-state index in [1.165, 1.54) is 19.2 Å². The number of nitrogens with zero attached hydrogens (tertiary/aromatic N) is 2. The molecule has 1 aromatic heterocycles. The van der Waals surface area contributed by atoms with Gasteiger partial charge in [0.15, 0.2) is 12.4 Å². The van der Waals surface area contributed by atoms with Crippen LogP contribution in [0.1, 0.15) is 13.2 Å². The molecule has 2 heterocycles. The largest absolute Gasteiger partial charge is 0.394 e. The minimum atomic E-state index is -1.87. The molecule has 0 aliphatic carbocycles. The summed E-state index contributed by atoms with van der Waals surface area (Å²) >= 11 is 0. The standard InChI is InChI=1S/C10H14FN3O4/c1-10(17)5(4-15)18-8(7(10)11)14-3-2-6(12)13-9(14)16/h2-3,5,7-8,15,17H,4H2,1H3,(H2,12,13,16)/t5-,7-,8-,10-/m1/s1. The van der Waals surface area contributed by atoms with Crippen LogP contribution in [0.2, 0.25) is 0 Å². The average molecular weight is 259 g/mol. The molecule has 0 spiro atoms. The predicted octanol–water partition coefficient (Wildman–Crippen LogP) is -1.20. The number of hydrogen-bond donors (Lipinski definition) is 3. The van der Waals surface area contributed by atoms with Crippen molar-refractivity contribution in [3.05, 3.63) is 22.7 Å². The molecule has 7 nitrogen and oxygen atoms in total. The van der Waals surface area contributed by atoms with Gasteiger partial charge in [-0.25, -0.2) is 9.18 Å². The first-order chi connectivity index (χ1) is 8.37. The summed E-state index contributed by atoms with van der Waals surface area (Å²) in [7, 11) is 0.